The van der Waals surface area contributed by atoms with Crippen LogP contribution in [0.4, 0.5) is 11.4 Å². The van der Waals surface area contributed by atoms with Crippen molar-refractivity contribution in [2.45, 2.75) is 13.3 Å². The van der Waals surface area contributed by atoms with Crippen molar-refractivity contribution >= 4 is 27.3 Å². The molecule has 1 aromatic carbocycles. The largest absolute Gasteiger partial charge is 0.306 e. The van der Waals surface area contributed by atoms with Crippen LogP contribution in [0.2, 0.25) is 0 Å². The van der Waals surface area contributed by atoms with Crippen LogP contribution in [0.15, 0.2) is 18.2 Å². The lowest BCUT2D eigenvalue weighted by atomic mass is 10.1. The highest BCUT2D eigenvalue weighted by atomic mass is 32.2. The van der Waals surface area contributed by atoms with Crippen LogP contribution in [0.1, 0.15) is 12.0 Å². The number of aryl methyl sites for hydroxylation is 1. The zero-order valence-corrected chi connectivity index (χ0v) is 12.2. The van der Waals surface area contributed by atoms with E-state index < -0.39 is 20.9 Å². The van der Waals surface area contributed by atoms with Gasteiger partial charge in [0.2, 0.25) is 15.9 Å². The van der Waals surface area contributed by atoms with Crippen molar-refractivity contribution in [2.24, 2.45) is 11.1 Å². The van der Waals surface area contributed by atoms with E-state index in [1.165, 1.54) is 11.0 Å². The number of benzene rings is 1. The van der Waals surface area contributed by atoms with Crippen molar-refractivity contribution < 1.29 is 18.1 Å². The van der Waals surface area contributed by atoms with Crippen molar-refractivity contribution in [3.8, 4) is 0 Å². The number of para-hydroxylation sites is 1. The molecule has 1 fully saturated rings. The Labute approximate surface area is 121 Å². The molecule has 1 saturated heterocycles. The van der Waals surface area contributed by atoms with Crippen LogP contribution in [0.3, 0.4) is 0 Å². The summed E-state index contributed by atoms with van der Waals surface area (Å²) in [6.45, 7) is 1.70. The van der Waals surface area contributed by atoms with Gasteiger partial charge in [-0.25, -0.2) is 13.6 Å². The van der Waals surface area contributed by atoms with Crippen molar-refractivity contribution in [1.82, 2.24) is 0 Å². The Kier molecular flexibility index (Phi) is 3.97. The van der Waals surface area contributed by atoms with E-state index >= 15 is 0 Å². The third-order valence-electron chi connectivity index (χ3n) is 3.36. The molecule has 114 valence electrons. The Morgan fingerprint density at radius 2 is 2.14 bits per heavy atom. The number of nitro groups is 1. The number of hydrogen-bond donors (Lipinski definition) is 1. The van der Waals surface area contributed by atoms with Gasteiger partial charge in [0.15, 0.2) is 0 Å². The van der Waals surface area contributed by atoms with Crippen LogP contribution in [-0.4, -0.2) is 31.5 Å². The number of carbonyl (C=O) groups excluding carboxylic acids is 1. The maximum absolute atomic E-state index is 12.0. The summed E-state index contributed by atoms with van der Waals surface area (Å²) < 4.78 is 22.2. The predicted molar refractivity (Wildman–Crippen MR) is 76.3 cm³/mol. The van der Waals surface area contributed by atoms with Crippen molar-refractivity contribution in [3.05, 3.63) is 33.9 Å². The van der Waals surface area contributed by atoms with Gasteiger partial charge in [0.1, 0.15) is 5.69 Å². The van der Waals surface area contributed by atoms with Gasteiger partial charge >= 0.3 is 0 Å². The van der Waals surface area contributed by atoms with Crippen LogP contribution >= 0.6 is 0 Å². The molecule has 2 N–H and O–H groups in total. The number of primary sulfonamides is 1. The van der Waals surface area contributed by atoms with Crippen LogP contribution in [0.5, 0.6) is 0 Å². The molecule has 21 heavy (non-hydrogen) atoms. The molecule has 1 atom stereocenters. The van der Waals surface area contributed by atoms with Crippen LogP contribution in [0.25, 0.3) is 0 Å². The van der Waals surface area contributed by atoms with E-state index in [0.29, 0.717) is 5.56 Å². The second-order valence-corrected chi connectivity index (χ2v) is 6.76. The van der Waals surface area contributed by atoms with Crippen molar-refractivity contribution in [2.75, 3.05) is 17.2 Å². The molecule has 0 bridgehead atoms. The lowest BCUT2D eigenvalue weighted by Gasteiger charge is -2.17. The van der Waals surface area contributed by atoms with Gasteiger partial charge in [0, 0.05) is 24.4 Å². The summed E-state index contributed by atoms with van der Waals surface area (Å²) in [5, 5.41) is 16.1. The first-order chi connectivity index (χ1) is 9.69. The number of rotatable bonds is 4. The highest BCUT2D eigenvalue weighted by molar-refractivity contribution is 7.89. The average Bonchev–Trinajstić information content (AvgIpc) is 2.66. The topological polar surface area (TPSA) is 124 Å². The number of carbonyl (C=O) groups is 1. The molecule has 0 aromatic heterocycles. The molecular weight excluding hydrogens is 298 g/mol. The second kappa shape index (κ2) is 5.41. The maximum Gasteiger partial charge on any atom is 0.295 e. The molecule has 2 rings (SSSR count). The first kappa shape index (κ1) is 15.4. The zero-order chi connectivity index (χ0) is 15.8. The van der Waals surface area contributed by atoms with E-state index in [1.54, 1.807) is 19.1 Å². The fourth-order valence-electron chi connectivity index (χ4n) is 2.55. The van der Waals surface area contributed by atoms with E-state index in [9.17, 15) is 23.3 Å². The molecule has 0 spiro atoms. The summed E-state index contributed by atoms with van der Waals surface area (Å²) in [6, 6.07) is 4.70. The van der Waals surface area contributed by atoms with Crippen molar-refractivity contribution in [3.63, 3.8) is 0 Å². The first-order valence-corrected chi connectivity index (χ1v) is 7.95. The summed E-state index contributed by atoms with van der Waals surface area (Å²) in [5.41, 5.74) is 0.504. The van der Waals surface area contributed by atoms with Crippen LogP contribution < -0.4 is 10.0 Å². The SMILES string of the molecule is Cc1cccc(N2CC(CS(N)(=O)=O)CC2=O)c1[N+](=O)[O-]. The molecular formula is C12H15N3O5S. The minimum Gasteiger partial charge on any atom is -0.306 e. The van der Waals surface area contributed by atoms with E-state index in [1.807, 2.05) is 0 Å². The minimum atomic E-state index is -3.68. The quantitative estimate of drug-likeness (QED) is 0.642. The number of anilines is 1. The molecule has 0 saturated carbocycles. The number of nitrogens with zero attached hydrogens (tertiary/aromatic N) is 2. The third kappa shape index (κ3) is 3.37. The average molecular weight is 313 g/mol. The Hall–Kier alpha value is -2.00. The maximum atomic E-state index is 12.0. The fourth-order valence-corrected chi connectivity index (χ4v) is 3.43. The molecule has 0 radical (unpaired) electrons. The number of amides is 1. The van der Waals surface area contributed by atoms with Gasteiger partial charge in [-0.2, -0.15) is 0 Å². The molecule has 1 amide bonds. The van der Waals surface area contributed by atoms with E-state index in [-0.39, 0.29) is 36.0 Å². The van der Waals surface area contributed by atoms with Crippen molar-refractivity contribution in [1.29, 1.82) is 0 Å². The lowest BCUT2D eigenvalue weighted by Crippen LogP contribution is -2.28. The first-order valence-electron chi connectivity index (χ1n) is 6.24. The third-order valence-corrected chi connectivity index (χ3v) is 4.30. The Morgan fingerprint density at radius 1 is 1.48 bits per heavy atom. The molecule has 0 aliphatic carbocycles. The van der Waals surface area contributed by atoms with Gasteiger partial charge in [0.25, 0.3) is 5.69 Å². The summed E-state index contributed by atoms with van der Waals surface area (Å²) in [4.78, 5) is 23.9. The normalized spacial score (nSPS) is 19.0. The zero-order valence-electron chi connectivity index (χ0n) is 11.4. The Bertz CT molecular complexity index is 701. The second-order valence-electron chi connectivity index (χ2n) is 5.10. The number of nitrogens with two attached hydrogens (primary N) is 1. The molecule has 8 nitrogen and oxygen atoms in total. The van der Waals surface area contributed by atoms with Crippen LogP contribution in [0, 0.1) is 23.0 Å². The van der Waals surface area contributed by atoms with Gasteiger partial charge in [0.05, 0.1) is 10.7 Å². The minimum absolute atomic E-state index is 0.0154. The van der Waals surface area contributed by atoms with E-state index in [2.05, 4.69) is 0 Å². The lowest BCUT2D eigenvalue weighted by molar-refractivity contribution is -0.384. The number of nitro benzene ring substituents is 1. The molecule has 1 aromatic rings. The van der Waals surface area contributed by atoms with Gasteiger partial charge in [-0.15, -0.1) is 0 Å². The predicted octanol–water partition coefficient (Wildman–Crippen LogP) is 0.545. The number of sulfonamides is 1. The standard InChI is InChI=1S/C12H15N3O5S/c1-8-3-2-4-10(12(8)15(17)18)14-6-9(5-11(14)16)7-21(13,19)20/h2-4,9H,5-7H2,1H3,(H2,13,19,20). The Morgan fingerprint density at radius 3 is 2.71 bits per heavy atom. The molecule has 1 aliphatic heterocycles. The highest BCUT2D eigenvalue weighted by Gasteiger charge is 2.36. The summed E-state index contributed by atoms with van der Waals surface area (Å²) >= 11 is 0. The fraction of sp³-hybridized carbons (Fsp3) is 0.417. The van der Waals surface area contributed by atoms with Crippen LogP contribution in [-0.2, 0) is 14.8 Å². The van der Waals surface area contributed by atoms with Gasteiger partial charge in [-0.05, 0) is 13.0 Å². The Balaban J connectivity index is 2.34. The summed E-state index contributed by atoms with van der Waals surface area (Å²) in [7, 11) is -3.68. The highest BCUT2D eigenvalue weighted by Crippen LogP contribution is 2.35. The van der Waals surface area contributed by atoms with Gasteiger partial charge in [-0.1, -0.05) is 12.1 Å². The number of hydrogen-bond acceptors (Lipinski definition) is 5. The smallest absolute Gasteiger partial charge is 0.295 e. The van der Waals surface area contributed by atoms with E-state index in [0.717, 1.165) is 0 Å². The molecule has 1 heterocycles. The molecule has 9 heteroatoms. The van der Waals surface area contributed by atoms with Gasteiger partial charge < -0.3 is 4.90 Å². The molecule has 1 unspecified atom stereocenters. The summed E-state index contributed by atoms with van der Waals surface area (Å²) in [5.74, 6) is -1.10. The molecule has 1 aliphatic rings. The summed E-state index contributed by atoms with van der Waals surface area (Å²) in [6.07, 6.45) is 0.0154. The van der Waals surface area contributed by atoms with E-state index in [4.69, 9.17) is 5.14 Å². The van der Waals surface area contributed by atoms with Gasteiger partial charge in [-0.3, -0.25) is 14.9 Å². The monoisotopic (exact) mass is 313 g/mol.